The molecule has 0 unspecified atom stereocenters. The molecule has 0 spiro atoms. The molecule has 2 amide bonds. The van der Waals surface area contributed by atoms with Gasteiger partial charge >= 0.3 is 0 Å². The maximum atomic E-state index is 12.9. The average Bonchev–Trinajstić information content (AvgIpc) is 2.91. The van der Waals surface area contributed by atoms with Crippen molar-refractivity contribution >= 4 is 34.8 Å². The van der Waals surface area contributed by atoms with Crippen LogP contribution in [0.25, 0.3) is 0 Å². The summed E-state index contributed by atoms with van der Waals surface area (Å²) in [6.45, 7) is 7.12. The quantitative estimate of drug-likeness (QED) is 0.407. The van der Waals surface area contributed by atoms with Crippen molar-refractivity contribution in [1.82, 2.24) is 4.90 Å². The van der Waals surface area contributed by atoms with Gasteiger partial charge < -0.3 is 24.6 Å². The van der Waals surface area contributed by atoms with Crippen molar-refractivity contribution in [2.45, 2.75) is 20.3 Å². The second-order valence-corrected chi connectivity index (χ2v) is 9.38. The first-order valence-electron chi connectivity index (χ1n) is 12.5. The zero-order chi connectivity index (χ0) is 26.2. The highest BCUT2D eigenvalue weighted by molar-refractivity contribution is 6.33. The molecule has 0 aliphatic carbocycles. The smallest absolute Gasteiger partial charge is 0.262 e. The molecule has 0 saturated carbocycles. The maximum absolute atomic E-state index is 12.9. The number of anilines is 2. The number of rotatable bonds is 9. The van der Waals surface area contributed by atoms with E-state index in [1.165, 1.54) is 0 Å². The van der Waals surface area contributed by atoms with Crippen LogP contribution in [0.3, 0.4) is 0 Å². The minimum Gasteiger partial charge on any atom is -0.494 e. The SMILES string of the molecule is CCCOc1ccc(C(=O)N2CCN(c3ccc(NC(=O)COc4cccc(C)c4)cc3Cl)CC2)cc1. The molecule has 8 heteroatoms. The topological polar surface area (TPSA) is 71.1 Å². The first-order valence-corrected chi connectivity index (χ1v) is 12.9. The average molecular weight is 522 g/mol. The Hall–Kier alpha value is -3.71. The fourth-order valence-corrected chi connectivity index (χ4v) is 4.44. The van der Waals surface area contributed by atoms with Crippen LogP contribution >= 0.6 is 11.6 Å². The summed E-state index contributed by atoms with van der Waals surface area (Å²) in [5.74, 6) is 1.18. The summed E-state index contributed by atoms with van der Waals surface area (Å²) in [5, 5.41) is 3.37. The second-order valence-electron chi connectivity index (χ2n) is 8.97. The fraction of sp³-hybridized carbons (Fsp3) is 0.310. The van der Waals surface area contributed by atoms with E-state index in [0.717, 1.165) is 23.4 Å². The van der Waals surface area contributed by atoms with Crippen LogP contribution in [0.15, 0.2) is 66.7 Å². The van der Waals surface area contributed by atoms with Crippen LogP contribution in [0.2, 0.25) is 5.02 Å². The van der Waals surface area contributed by atoms with Crippen LogP contribution in [-0.4, -0.2) is 56.1 Å². The highest BCUT2D eigenvalue weighted by Gasteiger charge is 2.23. The number of hydrogen-bond acceptors (Lipinski definition) is 5. The van der Waals surface area contributed by atoms with Gasteiger partial charge in [0.05, 0.1) is 17.3 Å². The molecule has 0 bridgehead atoms. The Morgan fingerprint density at radius 1 is 0.919 bits per heavy atom. The largest absolute Gasteiger partial charge is 0.494 e. The summed E-state index contributed by atoms with van der Waals surface area (Å²) in [6.07, 6.45) is 0.940. The number of nitrogens with one attached hydrogen (secondary N) is 1. The van der Waals surface area contributed by atoms with E-state index in [4.69, 9.17) is 21.1 Å². The van der Waals surface area contributed by atoms with Crippen molar-refractivity contribution in [1.29, 1.82) is 0 Å². The van der Waals surface area contributed by atoms with Gasteiger partial charge in [0.1, 0.15) is 11.5 Å². The lowest BCUT2D eigenvalue weighted by molar-refractivity contribution is -0.118. The van der Waals surface area contributed by atoms with Gasteiger partial charge in [-0.05, 0) is 73.5 Å². The maximum Gasteiger partial charge on any atom is 0.262 e. The molecule has 1 aliphatic heterocycles. The first kappa shape index (κ1) is 26.4. The van der Waals surface area contributed by atoms with Crippen molar-refractivity contribution in [2.75, 3.05) is 49.6 Å². The van der Waals surface area contributed by atoms with E-state index in [2.05, 4.69) is 17.1 Å². The van der Waals surface area contributed by atoms with Gasteiger partial charge in [-0.15, -0.1) is 0 Å². The van der Waals surface area contributed by atoms with Gasteiger partial charge in [-0.2, -0.15) is 0 Å². The standard InChI is InChI=1S/C29H32ClN3O4/c1-3-17-36-24-10-7-22(8-11-24)29(35)33-15-13-32(14-16-33)27-12-9-23(19-26(27)30)31-28(34)20-37-25-6-4-5-21(2)18-25/h4-12,18-19H,3,13-17,20H2,1-2H3,(H,31,34). The number of hydrogen-bond donors (Lipinski definition) is 1. The molecule has 1 heterocycles. The van der Waals surface area contributed by atoms with Gasteiger partial charge in [0, 0.05) is 37.4 Å². The third-order valence-corrected chi connectivity index (χ3v) is 6.38. The van der Waals surface area contributed by atoms with Crippen molar-refractivity contribution < 1.29 is 19.1 Å². The number of carbonyl (C=O) groups excluding carboxylic acids is 2. The van der Waals surface area contributed by atoms with Crippen LogP contribution in [0, 0.1) is 6.92 Å². The first-order chi connectivity index (χ1) is 17.9. The number of nitrogens with zero attached hydrogens (tertiary/aromatic N) is 2. The highest BCUT2D eigenvalue weighted by Crippen LogP contribution is 2.30. The molecule has 0 atom stereocenters. The normalized spacial score (nSPS) is 13.3. The molecule has 1 saturated heterocycles. The predicted molar refractivity (Wildman–Crippen MR) is 147 cm³/mol. The minimum atomic E-state index is -0.262. The Kier molecular flexibility index (Phi) is 8.90. The molecule has 1 aliphatic rings. The third kappa shape index (κ3) is 7.17. The van der Waals surface area contributed by atoms with Gasteiger partial charge in [-0.25, -0.2) is 0 Å². The number of amides is 2. The Morgan fingerprint density at radius 2 is 1.68 bits per heavy atom. The molecule has 3 aromatic carbocycles. The van der Waals surface area contributed by atoms with Gasteiger partial charge in [-0.3, -0.25) is 9.59 Å². The van der Waals surface area contributed by atoms with E-state index < -0.39 is 0 Å². The van der Waals surface area contributed by atoms with Crippen LogP contribution in [0.4, 0.5) is 11.4 Å². The molecule has 3 aromatic rings. The Labute approximate surface area is 222 Å². The number of piperazine rings is 1. The fourth-order valence-electron chi connectivity index (χ4n) is 4.14. The molecular weight excluding hydrogens is 490 g/mol. The number of ether oxygens (including phenoxy) is 2. The van der Waals surface area contributed by atoms with Crippen molar-refractivity contribution in [2.24, 2.45) is 0 Å². The predicted octanol–water partition coefficient (Wildman–Crippen LogP) is 5.42. The van der Waals surface area contributed by atoms with E-state index in [-0.39, 0.29) is 18.4 Å². The van der Waals surface area contributed by atoms with Crippen LogP contribution in [0.1, 0.15) is 29.3 Å². The summed E-state index contributed by atoms with van der Waals surface area (Å²) >= 11 is 6.57. The second kappa shape index (κ2) is 12.5. The van der Waals surface area contributed by atoms with E-state index in [1.807, 2.05) is 72.5 Å². The van der Waals surface area contributed by atoms with Crippen LogP contribution in [0.5, 0.6) is 11.5 Å². The van der Waals surface area contributed by atoms with Crippen molar-refractivity contribution in [3.05, 3.63) is 82.9 Å². The zero-order valence-corrected chi connectivity index (χ0v) is 22.0. The minimum absolute atomic E-state index is 0.0127. The molecule has 194 valence electrons. The number of aryl methyl sites for hydroxylation is 1. The summed E-state index contributed by atoms with van der Waals surface area (Å²) < 4.78 is 11.2. The Bertz CT molecular complexity index is 1220. The number of benzene rings is 3. The Morgan fingerprint density at radius 3 is 2.35 bits per heavy atom. The van der Waals surface area contributed by atoms with Gasteiger partial charge in [0.2, 0.25) is 0 Å². The van der Waals surface area contributed by atoms with E-state index in [9.17, 15) is 9.59 Å². The van der Waals surface area contributed by atoms with Crippen LogP contribution in [-0.2, 0) is 4.79 Å². The number of carbonyl (C=O) groups is 2. The van der Waals surface area contributed by atoms with E-state index >= 15 is 0 Å². The summed E-state index contributed by atoms with van der Waals surface area (Å²) in [6, 6.07) is 20.3. The molecular formula is C29H32ClN3O4. The zero-order valence-electron chi connectivity index (χ0n) is 21.2. The van der Waals surface area contributed by atoms with E-state index in [0.29, 0.717) is 54.8 Å². The molecule has 4 rings (SSSR count). The molecule has 1 fully saturated rings. The lowest BCUT2D eigenvalue weighted by Crippen LogP contribution is -2.48. The highest BCUT2D eigenvalue weighted by atomic mass is 35.5. The molecule has 0 radical (unpaired) electrons. The lowest BCUT2D eigenvalue weighted by atomic mass is 10.1. The summed E-state index contributed by atoms with van der Waals surface area (Å²) in [4.78, 5) is 29.3. The number of halogens is 1. The van der Waals surface area contributed by atoms with Gasteiger partial charge in [0.15, 0.2) is 6.61 Å². The molecule has 37 heavy (non-hydrogen) atoms. The van der Waals surface area contributed by atoms with Gasteiger partial charge in [-0.1, -0.05) is 30.7 Å². The molecule has 1 N–H and O–H groups in total. The lowest BCUT2D eigenvalue weighted by Gasteiger charge is -2.36. The van der Waals surface area contributed by atoms with Crippen molar-refractivity contribution in [3.63, 3.8) is 0 Å². The third-order valence-electron chi connectivity index (χ3n) is 6.07. The van der Waals surface area contributed by atoms with Crippen LogP contribution < -0.4 is 19.7 Å². The molecule has 0 aromatic heterocycles. The van der Waals surface area contributed by atoms with Crippen molar-refractivity contribution in [3.8, 4) is 11.5 Å². The summed E-state index contributed by atoms with van der Waals surface area (Å²) in [5.41, 5.74) is 3.20. The summed E-state index contributed by atoms with van der Waals surface area (Å²) in [7, 11) is 0. The van der Waals surface area contributed by atoms with Gasteiger partial charge in [0.25, 0.3) is 11.8 Å². The van der Waals surface area contributed by atoms with E-state index in [1.54, 1.807) is 6.07 Å². The monoisotopic (exact) mass is 521 g/mol. The molecule has 7 nitrogen and oxygen atoms in total. The Balaban J connectivity index is 1.28.